The summed E-state index contributed by atoms with van der Waals surface area (Å²) in [6.45, 7) is -0.528. The molecule has 0 aromatic rings. The van der Waals surface area contributed by atoms with E-state index in [1.54, 1.807) is 0 Å². The van der Waals surface area contributed by atoms with Crippen molar-refractivity contribution in [2.24, 2.45) is 11.8 Å². The zero-order valence-corrected chi connectivity index (χ0v) is 7.49. The summed E-state index contributed by atoms with van der Waals surface area (Å²) >= 11 is 0. The molecule has 1 aliphatic carbocycles. The van der Waals surface area contributed by atoms with Gasteiger partial charge in [0.2, 0.25) is 0 Å². The second kappa shape index (κ2) is 3.68. The van der Waals surface area contributed by atoms with Gasteiger partial charge in [0.15, 0.2) is 0 Å². The van der Waals surface area contributed by atoms with E-state index in [-0.39, 0.29) is 11.8 Å². The Kier molecular flexibility index (Phi) is 3.04. The van der Waals surface area contributed by atoms with Gasteiger partial charge in [-0.05, 0) is 24.7 Å². The molecule has 12 heavy (non-hydrogen) atoms. The molecule has 2 atom stereocenters. The molecule has 2 nitrogen and oxygen atoms in total. The Balaban J connectivity index is 2.52. The molecule has 0 aromatic heterocycles. The van der Waals surface area contributed by atoms with E-state index in [1.807, 2.05) is 0 Å². The van der Waals surface area contributed by atoms with Crippen molar-refractivity contribution in [3.8, 4) is 0 Å². The van der Waals surface area contributed by atoms with E-state index in [1.165, 1.54) is 0 Å². The number of hydrogen-bond acceptors (Lipinski definition) is 2. The Morgan fingerprint density at radius 1 is 1.25 bits per heavy atom. The molecule has 0 spiro atoms. The molecule has 72 valence electrons. The van der Waals surface area contributed by atoms with Gasteiger partial charge >= 0.3 is 10.2 Å². The van der Waals surface area contributed by atoms with Gasteiger partial charge in [0.05, 0.1) is 12.4 Å². The lowest BCUT2D eigenvalue weighted by atomic mass is 10.00. The maximum absolute atomic E-state index is 12.2. The van der Waals surface area contributed by atoms with Gasteiger partial charge in [0.25, 0.3) is 0 Å². The third kappa shape index (κ3) is 2.69. The van der Waals surface area contributed by atoms with Gasteiger partial charge in [0.1, 0.15) is 0 Å². The molecule has 0 heterocycles. The van der Waals surface area contributed by atoms with Gasteiger partial charge in [-0.1, -0.05) is 6.42 Å². The fraction of sp³-hybridized carbons (Fsp3) is 1.00. The minimum Gasteiger partial charge on any atom is -0.251 e. The van der Waals surface area contributed by atoms with Gasteiger partial charge in [0, 0.05) is 0 Å². The van der Waals surface area contributed by atoms with Crippen LogP contribution in [0.2, 0.25) is 0 Å². The standard InChI is InChI=1S/C7H12F2O2S/c8-4-6-2-1-3-7(6)5-12(9,10)11/h6-7H,1-5H2/t6-,7-/m0/s1. The van der Waals surface area contributed by atoms with Gasteiger partial charge in [-0.25, -0.2) is 0 Å². The van der Waals surface area contributed by atoms with E-state index >= 15 is 0 Å². The van der Waals surface area contributed by atoms with Crippen LogP contribution in [0.25, 0.3) is 0 Å². The quantitative estimate of drug-likeness (QED) is 0.646. The molecule has 1 aliphatic rings. The fourth-order valence-corrected chi connectivity index (χ4v) is 2.74. The van der Waals surface area contributed by atoms with E-state index < -0.39 is 22.7 Å². The molecular formula is C7H12F2O2S. The van der Waals surface area contributed by atoms with Gasteiger partial charge in [-0.2, -0.15) is 8.42 Å². The van der Waals surface area contributed by atoms with Crippen LogP contribution in [-0.2, 0) is 10.2 Å². The molecule has 1 saturated carbocycles. The fourth-order valence-electron chi connectivity index (χ4n) is 1.79. The number of hydrogen-bond donors (Lipinski definition) is 0. The Morgan fingerprint density at radius 3 is 2.33 bits per heavy atom. The summed E-state index contributed by atoms with van der Waals surface area (Å²) in [5.74, 6) is -1.04. The van der Waals surface area contributed by atoms with E-state index in [4.69, 9.17) is 0 Å². The third-order valence-corrected chi connectivity index (χ3v) is 3.25. The van der Waals surface area contributed by atoms with E-state index in [9.17, 15) is 16.7 Å². The number of rotatable bonds is 3. The van der Waals surface area contributed by atoms with Crippen molar-refractivity contribution in [1.82, 2.24) is 0 Å². The van der Waals surface area contributed by atoms with Crippen LogP contribution in [0.4, 0.5) is 8.28 Å². The molecule has 0 bridgehead atoms. The predicted molar refractivity (Wildman–Crippen MR) is 41.7 cm³/mol. The average molecular weight is 198 g/mol. The molecule has 0 unspecified atom stereocenters. The summed E-state index contributed by atoms with van der Waals surface area (Å²) in [7, 11) is -4.42. The lowest BCUT2D eigenvalue weighted by molar-refractivity contribution is 0.309. The van der Waals surface area contributed by atoms with Gasteiger partial charge < -0.3 is 0 Å². The highest BCUT2D eigenvalue weighted by molar-refractivity contribution is 7.86. The second-order valence-corrected chi connectivity index (χ2v) is 4.72. The lowest BCUT2D eigenvalue weighted by Gasteiger charge is -2.12. The monoisotopic (exact) mass is 198 g/mol. The SMILES string of the molecule is O=S(=O)(F)C[C@@H]1CCC[C@H]1CF. The Morgan fingerprint density at radius 2 is 1.83 bits per heavy atom. The first kappa shape index (κ1) is 9.89. The lowest BCUT2D eigenvalue weighted by Crippen LogP contribution is -2.18. The molecule has 1 rings (SSSR count). The summed E-state index contributed by atoms with van der Waals surface area (Å²) in [5.41, 5.74) is 0. The third-order valence-electron chi connectivity index (χ3n) is 2.43. The molecular weight excluding hydrogens is 186 g/mol. The van der Waals surface area contributed by atoms with Crippen LogP contribution in [-0.4, -0.2) is 20.8 Å². The van der Waals surface area contributed by atoms with Crippen molar-refractivity contribution in [1.29, 1.82) is 0 Å². The van der Waals surface area contributed by atoms with Crippen molar-refractivity contribution in [2.75, 3.05) is 12.4 Å². The summed E-state index contributed by atoms with van der Waals surface area (Å²) in [6, 6.07) is 0. The first-order chi connectivity index (χ1) is 5.53. The molecule has 0 saturated heterocycles. The molecule has 5 heteroatoms. The summed E-state index contributed by atoms with van der Waals surface area (Å²) in [4.78, 5) is 0. The summed E-state index contributed by atoms with van der Waals surface area (Å²) in [5, 5.41) is 0. The van der Waals surface area contributed by atoms with Crippen molar-refractivity contribution in [3.05, 3.63) is 0 Å². The van der Waals surface area contributed by atoms with Crippen LogP contribution in [0.1, 0.15) is 19.3 Å². The van der Waals surface area contributed by atoms with Crippen LogP contribution in [0, 0.1) is 11.8 Å². The summed E-state index contributed by atoms with van der Waals surface area (Å²) in [6.07, 6.45) is 2.14. The van der Waals surface area contributed by atoms with Crippen molar-refractivity contribution in [2.45, 2.75) is 19.3 Å². The molecule has 0 radical (unpaired) electrons. The number of halogens is 2. The zero-order valence-electron chi connectivity index (χ0n) is 6.67. The molecule has 0 amide bonds. The summed E-state index contributed by atoms with van der Waals surface area (Å²) < 4.78 is 44.9. The maximum Gasteiger partial charge on any atom is 0.302 e. The molecule has 0 aromatic carbocycles. The first-order valence-corrected chi connectivity index (χ1v) is 5.56. The second-order valence-electron chi connectivity index (χ2n) is 3.31. The van der Waals surface area contributed by atoms with Crippen molar-refractivity contribution < 1.29 is 16.7 Å². The van der Waals surface area contributed by atoms with Crippen LogP contribution < -0.4 is 0 Å². The minimum atomic E-state index is -4.42. The Hall–Kier alpha value is -0.190. The van der Waals surface area contributed by atoms with Gasteiger partial charge in [-0.15, -0.1) is 3.89 Å². The molecule has 0 aliphatic heterocycles. The van der Waals surface area contributed by atoms with Gasteiger partial charge in [-0.3, -0.25) is 4.39 Å². The normalized spacial score (nSPS) is 30.8. The highest BCUT2D eigenvalue weighted by Gasteiger charge is 2.30. The Bertz CT molecular complexity index is 238. The van der Waals surface area contributed by atoms with Crippen molar-refractivity contribution >= 4 is 10.2 Å². The van der Waals surface area contributed by atoms with Crippen LogP contribution >= 0.6 is 0 Å². The maximum atomic E-state index is 12.2. The molecule has 0 N–H and O–H groups in total. The van der Waals surface area contributed by atoms with E-state index in [0.717, 1.165) is 6.42 Å². The van der Waals surface area contributed by atoms with Crippen LogP contribution in [0.15, 0.2) is 0 Å². The van der Waals surface area contributed by atoms with E-state index in [2.05, 4.69) is 0 Å². The zero-order chi connectivity index (χ0) is 9.19. The van der Waals surface area contributed by atoms with E-state index in [0.29, 0.717) is 12.8 Å². The minimum absolute atomic E-state index is 0.240. The average Bonchev–Trinajstić information content (AvgIpc) is 2.31. The Labute approximate surface area is 71.2 Å². The first-order valence-electron chi connectivity index (χ1n) is 4.01. The predicted octanol–water partition coefficient (Wildman–Crippen LogP) is 1.67. The largest absolute Gasteiger partial charge is 0.302 e. The van der Waals surface area contributed by atoms with Crippen LogP contribution in [0.5, 0.6) is 0 Å². The highest BCUT2D eigenvalue weighted by Crippen LogP contribution is 2.33. The molecule has 1 fully saturated rings. The smallest absolute Gasteiger partial charge is 0.251 e. The number of alkyl halides is 1. The van der Waals surface area contributed by atoms with Crippen molar-refractivity contribution in [3.63, 3.8) is 0 Å². The topological polar surface area (TPSA) is 34.1 Å². The van der Waals surface area contributed by atoms with Crippen LogP contribution in [0.3, 0.4) is 0 Å². The highest BCUT2D eigenvalue weighted by atomic mass is 32.3.